The lowest BCUT2D eigenvalue weighted by atomic mass is 9.86. The van der Waals surface area contributed by atoms with Crippen molar-refractivity contribution in [1.29, 1.82) is 0 Å². The Labute approximate surface area is 141 Å². The second-order valence-corrected chi connectivity index (χ2v) is 11.9. The van der Waals surface area contributed by atoms with Crippen molar-refractivity contribution in [3.8, 4) is 5.75 Å². The molecule has 23 heavy (non-hydrogen) atoms. The summed E-state index contributed by atoms with van der Waals surface area (Å²) >= 11 is 0. The molecule has 1 fully saturated rings. The highest BCUT2D eigenvalue weighted by Crippen LogP contribution is 2.57. The molecule has 2 aliphatic rings. The van der Waals surface area contributed by atoms with E-state index >= 15 is 0 Å². The maximum atomic E-state index is 13.4. The highest BCUT2D eigenvalue weighted by atomic mass is 32.3. The number of ketones is 1. The van der Waals surface area contributed by atoms with E-state index in [-0.39, 0.29) is 10.7 Å². The number of hydrogen-bond donors (Lipinski definition) is 0. The SMILES string of the molecule is CC(C)(C)C(C(=O)c1ccc2c(c1)CCO2)S1(C)CCOCC1. The molecule has 1 aromatic rings. The van der Waals surface area contributed by atoms with E-state index in [2.05, 4.69) is 33.1 Å². The Morgan fingerprint density at radius 3 is 2.52 bits per heavy atom. The predicted molar refractivity (Wildman–Crippen MR) is 97.3 cm³/mol. The fraction of sp³-hybridized carbons (Fsp3) is 0.632. The van der Waals surface area contributed by atoms with Gasteiger partial charge in [-0.15, -0.1) is 0 Å². The average Bonchev–Trinajstić information content (AvgIpc) is 2.93. The number of carbonyl (C=O) groups excluding carboxylic acids is 1. The summed E-state index contributed by atoms with van der Waals surface area (Å²) in [6.45, 7) is 8.95. The number of carbonyl (C=O) groups is 1. The number of benzene rings is 1. The molecular weight excluding hydrogens is 308 g/mol. The zero-order chi connectivity index (χ0) is 16.7. The molecule has 1 unspecified atom stereocenters. The summed E-state index contributed by atoms with van der Waals surface area (Å²) in [6.07, 6.45) is 3.26. The van der Waals surface area contributed by atoms with Crippen LogP contribution in [-0.2, 0) is 11.2 Å². The van der Waals surface area contributed by atoms with E-state index in [1.54, 1.807) is 0 Å². The molecule has 2 heterocycles. The van der Waals surface area contributed by atoms with Crippen molar-refractivity contribution in [3.63, 3.8) is 0 Å². The molecule has 0 spiro atoms. The van der Waals surface area contributed by atoms with Crippen LogP contribution in [0.2, 0.25) is 0 Å². The highest BCUT2D eigenvalue weighted by Gasteiger charge is 2.43. The van der Waals surface area contributed by atoms with Gasteiger partial charge in [-0.3, -0.25) is 4.79 Å². The second kappa shape index (κ2) is 6.14. The van der Waals surface area contributed by atoms with Gasteiger partial charge in [0.2, 0.25) is 0 Å². The smallest absolute Gasteiger partial charge is 0.174 e. The maximum Gasteiger partial charge on any atom is 0.174 e. The van der Waals surface area contributed by atoms with Crippen molar-refractivity contribution in [2.45, 2.75) is 32.4 Å². The fourth-order valence-electron chi connectivity index (χ4n) is 3.93. The largest absolute Gasteiger partial charge is 0.493 e. The van der Waals surface area contributed by atoms with Crippen LogP contribution in [0.25, 0.3) is 0 Å². The molecule has 2 aliphatic heterocycles. The quantitative estimate of drug-likeness (QED) is 0.790. The Morgan fingerprint density at radius 1 is 1.17 bits per heavy atom. The minimum Gasteiger partial charge on any atom is -0.493 e. The topological polar surface area (TPSA) is 35.5 Å². The van der Waals surface area contributed by atoms with Gasteiger partial charge in [0.05, 0.1) is 25.1 Å². The standard InChI is InChI=1S/C19H28O3S/c1-19(2,3)18(23(4)11-9-21-10-12-23)17(20)15-5-6-16-14(13-15)7-8-22-16/h5-6,13,18H,7-12H2,1-4H3. The van der Waals surface area contributed by atoms with Crippen LogP contribution in [-0.4, -0.2) is 48.6 Å². The maximum absolute atomic E-state index is 13.4. The summed E-state index contributed by atoms with van der Waals surface area (Å²) in [5, 5.41) is 0.0827. The number of hydrogen-bond acceptors (Lipinski definition) is 3. The van der Waals surface area contributed by atoms with Crippen molar-refractivity contribution < 1.29 is 14.3 Å². The fourth-order valence-corrected chi connectivity index (χ4v) is 7.97. The molecule has 0 amide bonds. The second-order valence-electron chi connectivity index (χ2n) is 7.90. The van der Waals surface area contributed by atoms with Crippen LogP contribution in [0.15, 0.2) is 18.2 Å². The first-order valence-corrected chi connectivity index (χ1v) is 10.9. The van der Waals surface area contributed by atoms with Gasteiger partial charge in [0.15, 0.2) is 5.78 Å². The summed E-state index contributed by atoms with van der Waals surface area (Å²) < 4.78 is 11.1. The third-order valence-electron chi connectivity index (χ3n) is 4.96. The summed E-state index contributed by atoms with van der Waals surface area (Å²) in [5.41, 5.74) is 2.00. The van der Waals surface area contributed by atoms with Crippen molar-refractivity contribution in [2.24, 2.45) is 5.41 Å². The van der Waals surface area contributed by atoms with Gasteiger partial charge in [-0.05, 0) is 35.4 Å². The van der Waals surface area contributed by atoms with Gasteiger partial charge in [0, 0.05) is 23.5 Å². The Bertz CT molecular complexity index is 597. The van der Waals surface area contributed by atoms with E-state index < -0.39 is 10.0 Å². The van der Waals surface area contributed by atoms with E-state index in [4.69, 9.17) is 9.47 Å². The molecule has 3 nitrogen and oxygen atoms in total. The van der Waals surface area contributed by atoms with Crippen molar-refractivity contribution in [3.05, 3.63) is 29.3 Å². The molecule has 1 saturated heterocycles. The first kappa shape index (κ1) is 16.8. The Balaban J connectivity index is 1.95. The lowest BCUT2D eigenvalue weighted by Gasteiger charge is -2.50. The average molecular weight is 336 g/mol. The number of ether oxygens (including phenoxy) is 2. The predicted octanol–water partition coefficient (Wildman–Crippen LogP) is 3.68. The van der Waals surface area contributed by atoms with Crippen LogP contribution < -0.4 is 4.74 Å². The Morgan fingerprint density at radius 2 is 1.87 bits per heavy atom. The van der Waals surface area contributed by atoms with Gasteiger partial charge in [-0.2, -0.15) is 0 Å². The number of rotatable bonds is 3. The zero-order valence-electron chi connectivity index (χ0n) is 14.7. The Hall–Kier alpha value is -1.00. The van der Waals surface area contributed by atoms with E-state index in [0.717, 1.165) is 49.1 Å². The molecule has 0 aromatic heterocycles. The van der Waals surface area contributed by atoms with Gasteiger partial charge in [0.25, 0.3) is 0 Å². The third kappa shape index (κ3) is 3.29. The summed E-state index contributed by atoms with van der Waals surface area (Å²) in [5.74, 6) is 3.33. The van der Waals surface area contributed by atoms with Crippen molar-refractivity contribution in [2.75, 3.05) is 37.6 Å². The summed E-state index contributed by atoms with van der Waals surface area (Å²) in [6, 6.07) is 5.98. The van der Waals surface area contributed by atoms with Gasteiger partial charge < -0.3 is 9.47 Å². The normalized spacial score (nSPS) is 22.8. The zero-order valence-corrected chi connectivity index (χ0v) is 15.5. The molecular formula is C19H28O3S. The van der Waals surface area contributed by atoms with Gasteiger partial charge in [-0.25, -0.2) is 10.0 Å². The summed E-state index contributed by atoms with van der Waals surface area (Å²) in [7, 11) is -1.01. The molecule has 0 bridgehead atoms. The van der Waals surface area contributed by atoms with Crippen LogP contribution >= 0.6 is 10.0 Å². The minimum atomic E-state index is -1.01. The van der Waals surface area contributed by atoms with Crippen LogP contribution in [0.4, 0.5) is 0 Å². The number of fused-ring (bicyclic) bond motifs is 1. The van der Waals surface area contributed by atoms with Crippen LogP contribution in [0, 0.1) is 5.41 Å². The van der Waals surface area contributed by atoms with E-state index in [1.807, 2.05) is 12.1 Å². The van der Waals surface area contributed by atoms with Gasteiger partial charge >= 0.3 is 0 Å². The molecule has 0 N–H and O–H groups in total. The van der Waals surface area contributed by atoms with Crippen molar-refractivity contribution >= 4 is 15.8 Å². The first-order chi connectivity index (χ1) is 10.8. The molecule has 1 atom stereocenters. The monoisotopic (exact) mass is 336 g/mol. The van der Waals surface area contributed by atoms with E-state index in [0.29, 0.717) is 5.78 Å². The van der Waals surface area contributed by atoms with E-state index in [9.17, 15) is 4.79 Å². The van der Waals surface area contributed by atoms with Crippen LogP contribution in [0.1, 0.15) is 36.7 Å². The van der Waals surface area contributed by atoms with E-state index in [1.165, 1.54) is 5.56 Å². The highest BCUT2D eigenvalue weighted by molar-refractivity contribution is 8.34. The van der Waals surface area contributed by atoms with Gasteiger partial charge in [-0.1, -0.05) is 20.8 Å². The molecule has 4 heteroatoms. The van der Waals surface area contributed by atoms with Crippen LogP contribution in [0.3, 0.4) is 0 Å². The van der Waals surface area contributed by atoms with Crippen molar-refractivity contribution in [1.82, 2.24) is 0 Å². The number of Topliss-reactive ketones (excluding diaryl/α,β-unsaturated/α-hetero) is 1. The van der Waals surface area contributed by atoms with Gasteiger partial charge in [0.1, 0.15) is 5.75 Å². The lowest BCUT2D eigenvalue weighted by Crippen LogP contribution is -2.44. The molecule has 0 radical (unpaired) electrons. The molecule has 0 saturated carbocycles. The molecule has 0 aliphatic carbocycles. The minimum absolute atomic E-state index is 0.0337. The Kier molecular flexibility index (Phi) is 4.49. The summed E-state index contributed by atoms with van der Waals surface area (Å²) in [4.78, 5) is 13.4. The molecule has 128 valence electrons. The molecule has 1 aromatic carbocycles. The first-order valence-electron chi connectivity index (χ1n) is 8.41. The lowest BCUT2D eigenvalue weighted by molar-refractivity contribution is 0.0945. The molecule has 3 rings (SSSR count). The van der Waals surface area contributed by atoms with Crippen LogP contribution in [0.5, 0.6) is 5.75 Å². The third-order valence-corrected chi connectivity index (χ3v) is 9.21.